The molecule has 0 bridgehead atoms. The van der Waals surface area contributed by atoms with Gasteiger partial charge in [0, 0.05) is 33.4 Å². The third-order valence-electron chi connectivity index (χ3n) is 2.98. The maximum Gasteiger partial charge on any atom is 0.191 e. The number of aliphatic imine (C=N–C) groups is 1. The molecule has 0 atom stereocenters. The average molecular weight is 416 g/mol. The van der Waals surface area contributed by atoms with E-state index in [4.69, 9.17) is 10.00 Å². The average Bonchev–Trinajstić information content (AvgIpc) is 2.54. The van der Waals surface area contributed by atoms with Crippen LogP contribution in [0.3, 0.4) is 0 Å². The summed E-state index contributed by atoms with van der Waals surface area (Å²) in [6.07, 6.45) is 2.10. The lowest BCUT2D eigenvalue weighted by atomic mass is 10.1. The number of rotatable bonds is 8. The number of ether oxygens (including phenoxy) is 1. The molecule has 2 N–H and O–H groups in total. The molecule has 0 saturated heterocycles. The Morgan fingerprint density at radius 1 is 1.23 bits per heavy atom. The molecule has 5 nitrogen and oxygen atoms in total. The minimum absolute atomic E-state index is 0. The fraction of sp³-hybridized carbons (Fsp3) is 0.500. The Bertz CT molecular complexity index is 468. The predicted molar refractivity (Wildman–Crippen MR) is 101 cm³/mol. The Labute approximate surface area is 150 Å². The lowest BCUT2D eigenvalue weighted by Crippen LogP contribution is -2.37. The summed E-state index contributed by atoms with van der Waals surface area (Å²) in [6.45, 7) is 5.16. The standard InChI is InChI=1S/C16H24N4O.HI/c1-3-21-11-5-4-10-19-16(18-2)20-13-15-8-6-14(12-17)7-9-15;/h6-9H,3-5,10-11,13H2,1-2H3,(H2,18,19,20);1H. The first kappa shape index (κ1) is 20.7. The van der Waals surface area contributed by atoms with Crippen LogP contribution in [0.4, 0.5) is 0 Å². The zero-order chi connectivity index (χ0) is 15.3. The number of nitrogens with one attached hydrogen (secondary N) is 2. The van der Waals surface area contributed by atoms with Crippen molar-refractivity contribution in [1.82, 2.24) is 10.6 Å². The van der Waals surface area contributed by atoms with E-state index in [0.29, 0.717) is 12.1 Å². The summed E-state index contributed by atoms with van der Waals surface area (Å²) in [7, 11) is 1.76. The van der Waals surface area contributed by atoms with Crippen LogP contribution in [-0.2, 0) is 11.3 Å². The molecule has 0 aliphatic rings. The van der Waals surface area contributed by atoms with E-state index in [0.717, 1.165) is 44.1 Å². The van der Waals surface area contributed by atoms with Gasteiger partial charge >= 0.3 is 0 Å². The Morgan fingerprint density at radius 2 is 1.95 bits per heavy atom. The number of nitriles is 1. The quantitative estimate of drug-likeness (QED) is 0.296. The molecular formula is C16H25IN4O. The van der Waals surface area contributed by atoms with Crippen LogP contribution in [0.5, 0.6) is 0 Å². The molecule has 1 rings (SSSR count). The first-order valence-electron chi connectivity index (χ1n) is 7.31. The molecule has 6 heteroatoms. The lowest BCUT2D eigenvalue weighted by molar-refractivity contribution is 0.143. The zero-order valence-corrected chi connectivity index (χ0v) is 15.6. The summed E-state index contributed by atoms with van der Waals surface area (Å²) >= 11 is 0. The van der Waals surface area contributed by atoms with Crippen LogP contribution in [0.2, 0.25) is 0 Å². The largest absolute Gasteiger partial charge is 0.382 e. The topological polar surface area (TPSA) is 69.4 Å². The van der Waals surface area contributed by atoms with Gasteiger partial charge in [-0.2, -0.15) is 5.26 Å². The van der Waals surface area contributed by atoms with Crippen molar-refractivity contribution < 1.29 is 4.74 Å². The molecule has 0 spiro atoms. The number of hydrogen-bond acceptors (Lipinski definition) is 3. The minimum atomic E-state index is 0. The van der Waals surface area contributed by atoms with E-state index in [1.54, 1.807) is 7.05 Å². The van der Waals surface area contributed by atoms with Gasteiger partial charge in [0.2, 0.25) is 0 Å². The molecule has 122 valence electrons. The Hall–Kier alpha value is -1.33. The molecule has 0 heterocycles. The molecule has 1 aromatic carbocycles. The highest BCUT2D eigenvalue weighted by molar-refractivity contribution is 14.0. The Morgan fingerprint density at radius 3 is 2.55 bits per heavy atom. The number of benzene rings is 1. The summed E-state index contributed by atoms with van der Waals surface area (Å²) in [6, 6.07) is 9.64. The van der Waals surface area contributed by atoms with E-state index >= 15 is 0 Å². The molecule has 0 fully saturated rings. The smallest absolute Gasteiger partial charge is 0.191 e. The molecule has 0 unspecified atom stereocenters. The van der Waals surface area contributed by atoms with E-state index in [2.05, 4.69) is 21.7 Å². The van der Waals surface area contributed by atoms with Gasteiger partial charge in [0.15, 0.2) is 5.96 Å². The second-order valence-electron chi connectivity index (χ2n) is 4.57. The van der Waals surface area contributed by atoms with Crippen LogP contribution in [0, 0.1) is 11.3 Å². The number of hydrogen-bond donors (Lipinski definition) is 2. The highest BCUT2D eigenvalue weighted by atomic mass is 127. The number of guanidine groups is 1. The van der Waals surface area contributed by atoms with Crippen LogP contribution in [0.25, 0.3) is 0 Å². The van der Waals surface area contributed by atoms with Crippen LogP contribution < -0.4 is 10.6 Å². The number of nitrogens with zero attached hydrogens (tertiary/aromatic N) is 2. The molecule has 0 saturated carbocycles. The molecule has 0 amide bonds. The van der Waals surface area contributed by atoms with Crippen molar-refractivity contribution >= 4 is 29.9 Å². The van der Waals surface area contributed by atoms with Gasteiger partial charge in [0.25, 0.3) is 0 Å². The van der Waals surface area contributed by atoms with E-state index in [1.807, 2.05) is 31.2 Å². The zero-order valence-electron chi connectivity index (χ0n) is 13.3. The van der Waals surface area contributed by atoms with Crippen molar-refractivity contribution in [3.63, 3.8) is 0 Å². The summed E-state index contributed by atoms with van der Waals surface area (Å²) in [4.78, 5) is 4.18. The molecule has 22 heavy (non-hydrogen) atoms. The second kappa shape index (κ2) is 13.3. The van der Waals surface area contributed by atoms with Gasteiger partial charge in [-0.25, -0.2) is 0 Å². The van der Waals surface area contributed by atoms with Gasteiger partial charge in [0.1, 0.15) is 0 Å². The Kier molecular flexibility index (Phi) is 12.5. The van der Waals surface area contributed by atoms with E-state index in [1.165, 1.54) is 0 Å². The highest BCUT2D eigenvalue weighted by Gasteiger charge is 1.98. The molecular weight excluding hydrogens is 391 g/mol. The molecule has 1 aromatic rings. The van der Waals surface area contributed by atoms with Crippen molar-refractivity contribution in [2.45, 2.75) is 26.3 Å². The number of unbranched alkanes of at least 4 members (excludes halogenated alkanes) is 1. The van der Waals surface area contributed by atoms with Gasteiger partial charge in [-0.05, 0) is 37.5 Å². The van der Waals surface area contributed by atoms with Gasteiger partial charge in [-0.1, -0.05) is 12.1 Å². The lowest BCUT2D eigenvalue weighted by Gasteiger charge is -2.12. The minimum Gasteiger partial charge on any atom is -0.382 e. The van der Waals surface area contributed by atoms with Crippen molar-refractivity contribution in [3.05, 3.63) is 35.4 Å². The summed E-state index contributed by atoms with van der Waals surface area (Å²) in [5, 5.41) is 15.3. The van der Waals surface area contributed by atoms with Crippen LogP contribution in [0.1, 0.15) is 30.9 Å². The van der Waals surface area contributed by atoms with Gasteiger partial charge < -0.3 is 15.4 Å². The predicted octanol–water partition coefficient (Wildman–Crippen LogP) is 2.66. The van der Waals surface area contributed by atoms with Crippen LogP contribution in [-0.4, -0.2) is 32.8 Å². The molecule has 0 aliphatic heterocycles. The maximum atomic E-state index is 8.76. The van der Waals surface area contributed by atoms with Crippen LogP contribution >= 0.6 is 24.0 Å². The van der Waals surface area contributed by atoms with Gasteiger partial charge in [-0.15, -0.1) is 24.0 Å². The summed E-state index contributed by atoms with van der Waals surface area (Å²) in [5.74, 6) is 0.788. The SMILES string of the molecule is CCOCCCCNC(=NC)NCc1ccc(C#N)cc1.I. The van der Waals surface area contributed by atoms with Crippen molar-refractivity contribution in [1.29, 1.82) is 5.26 Å². The highest BCUT2D eigenvalue weighted by Crippen LogP contribution is 2.02. The fourth-order valence-corrected chi connectivity index (χ4v) is 1.78. The number of halogens is 1. The van der Waals surface area contributed by atoms with E-state index < -0.39 is 0 Å². The monoisotopic (exact) mass is 416 g/mol. The van der Waals surface area contributed by atoms with Crippen molar-refractivity contribution in [2.75, 3.05) is 26.8 Å². The molecule has 0 radical (unpaired) electrons. The van der Waals surface area contributed by atoms with E-state index in [9.17, 15) is 0 Å². The van der Waals surface area contributed by atoms with Gasteiger partial charge in [-0.3, -0.25) is 4.99 Å². The molecule has 0 aliphatic carbocycles. The molecule has 0 aromatic heterocycles. The van der Waals surface area contributed by atoms with Gasteiger partial charge in [0.05, 0.1) is 11.6 Å². The summed E-state index contributed by atoms with van der Waals surface area (Å²) in [5.41, 5.74) is 1.80. The van der Waals surface area contributed by atoms with Crippen molar-refractivity contribution in [3.8, 4) is 6.07 Å². The first-order valence-corrected chi connectivity index (χ1v) is 7.31. The van der Waals surface area contributed by atoms with E-state index in [-0.39, 0.29) is 24.0 Å². The third kappa shape index (κ3) is 8.85. The normalized spacial score (nSPS) is 10.5. The maximum absolute atomic E-state index is 8.76. The first-order chi connectivity index (χ1) is 10.3. The fourth-order valence-electron chi connectivity index (χ4n) is 1.78. The van der Waals surface area contributed by atoms with Crippen molar-refractivity contribution in [2.24, 2.45) is 4.99 Å². The second-order valence-corrected chi connectivity index (χ2v) is 4.57. The van der Waals surface area contributed by atoms with Crippen LogP contribution in [0.15, 0.2) is 29.3 Å². The Balaban J connectivity index is 0.00000441. The third-order valence-corrected chi connectivity index (χ3v) is 2.98. The summed E-state index contributed by atoms with van der Waals surface area (Å²) < 4.78 is 5.29.